The highest BCUT2D eigenvalue weighted by atomic mass is 16.3. The number of hydrogen-bond donors (Lipinski definition) is 3. The predicted octanol–water partition coefficient (Wildman–Crippen LogP) is 2.70. The van der Waals surface area contributed by atoms with E-state index in [1.54, 1.807) is 0 Å². The fourth-order valence-corrected chi connectivity index (χ4v) is 5.11. The molecule has 26 heavy (non-hydrogen) atoms. The summed E-state index contributed by atoms with van der Waals surface area (Å²) in [5.41, 5.74) is 0.838. The lowest BCUT2D eigenvalue weighted by atomic mass is 9.79. The van der Waals surface area contributed by atoms with Crippen molar-refractivity contribution in [1.29, 1.82) is 0 Å². The van der Waals surface area contributed by atoms with Crippen LogP contribution >= 0.6 is 0 Å². The van der Waals surface area contributed by atoms with Gasteiger partial charge in [0.25, 0.3) is 0 Å². The van der Waals surface area contributed by atoms with Crippen LogP contribution in [0.5, 0.6) is 0 Å². The van der Waals surface area contributed by atoms with Crippen LogP contribution in [0.4, 0.5) is 17.6 Å². The zero-order chi connectivity index (χ0) is 17.4. The van der Waals surface area contributed by atoms with Crippen molar-refractivity contribution in [2.45, 2.75) is 62.5 Å². The van der Waals surface area contributed by atoms with E-state index in [-0.39, 0.29) is 5.41 Å². The van der Waals surface area contributed by atoms with Gasteiger partial charge in [-0.25, -0.2) is 4.98 Å². The summed E-state index contributed by atoms with van der Waals surface area (Å²) in [4.78, 5) is 11.6. The molecule has 0 aromatic carbocycles. The van der Waals surface area contributed by atoms with Crippen LogP contribution in [0.25, 0.3) is 0 Å². The van der Waals surface area contributed by atoms with Gasteiger partial charge in [0.2, 0.25) is 5.95 Å². The third-order valence-corrected chi connectivity index (χ3v) is 6.98. The van der Waals surface area contributed by atoms with Gasteiger partial charge in [0.1, 0.15) is 5.82 Å². The Bertz CT molecular complexity index is 857. The number of rotatable bonds is 5. The van der Waals surface area contributed by atoms with E-state index in [4.69, 9.17) is 4.98 Å². The molecule has 3 saturated carbocycles. The second-order valence-electron chi connectivity index (χ2n) is 8.69. The summed E-state index contributed by atoms with van der Waals surface area (Å²) in [5, 5.41) is 21.5. The molecule has 3 heterocycles. The first-order chi connectivity index (χ1) is 12.6. The third-order valence-electron chi connectivity index (χ3n) is 6.98. The fourth-order valence-electron chi connectivity index (χ4n) is 5.11. The van der Waals surface area contributed by atoms with Gasteiger partial charge in [0.15, 0.2) is 5.82 Å². The number of nitrogens with one attached hydrogen (secondary N) is 2. The summed E-state index contributed by atoms with van der Waals surface area (Å²) in [5.74, 6) is 3.00. The maximum atomic E-state index is 10.8. The molecule has 0 radical (unpaired) electrons. The Balaban J connectivity index is 1.23. The molecule has 2 atom stereocenters. The molecule has 0 spiro atoms. The van der Waals surface area contributed by atoms with Gasteiger partial charge >= 0.3 is 0 Å². The summed E-state index contributed by atoms with van der Waals surface area (Å²) >= 11 is 0. The summed E-state index contributed by atoms with van der Waals surface area (Å²) in [6.07, 6.45) is 9.58. The highest BCUT2D eigenvalue weighted by molar-refractivity contribution is 5.54. The highest BCUT2D eigenvalue weighted by Crippen LogP contribution is 2.62. The van der Waals surface area contributed by atoms with Gasteiger partial charge in [0.05, 0.1) is 5.60 Å². The van der Waals surface area contributed by atoms with Gasteiger partial charge in [-0.1, -0.05) is 0 Å². The van der Waals surface area contributed by atoms with E-state index in [1.807, 2.05) is 12.3 Å². The monoisotopic (exact) mass is 352 g/mol. The Morgan fingerprint density at radius 3 is 2.88 bits per heavy atom. The van der Waals surface area contributed by atoms with Gasteiger partial charge in [0, 0.05) is 41.9 Å². The number of anilines is 3. The molecule has 3 N–H and O–H groups in total. The first kappa shape index (κ1) is 15.0. The van der Waals surface area contributed by atoms with E-state index in [2.05, 4.69) is 31.5 Å². The number of fused-ring (bicyclic) bond motifs is 2. The Hall–Kier alpha value is -2.15. The van der Waals surface area contributed by atoms with Crippen LogP contribution in [0.15, 0.2) is 18.3 Å². The van der Waals surface area contributed by atoms with Gasteiger partial charge in [-0.2, -0.15) is 10.1 Å². The van der Waals surface area contributed by atoms with Crippen molar-refractivity contribution in [3.63, 3.8) is 0 Å². The first-order valence-electron chi connectivity index (χ1n) is 9.79. The fraction of sp³-hybridized carbons (Fsp3) is 0.632. The number of H-pyrrole nitrogens is 1. The van der Waals surface area contributed by atoms with Crippen LogP contribution in [-0.2, 0) is 0 Å². The normalized spacial score (nSPS) is 31.4. The SMILES string of the molecule is OC1(C23CCC(C2)N(c2nccc(Nc4cc(C5CC5)[nH]n4)n2)C3)CC1. The number of hydrogen-bond acceptors (Lipinski definition) is 6. The van der Waals surface area contributed by atoms with Gasteiger partial charge < -0.3 is 15.3 Å². The second-order valence-corrected chi connectivity index (χ2v) is 8.69. The summed E-state index contributed by atoms with van der Waals surface area (Å²) in [7, 11) is 0. The topological polar surface area (TPSA) is 90.0 Å². The quantitative estimate of drug-likeness (QED) is 0.767. The van der Waals surface area contributed by atoms with E-state index in [1.165, 1.54) is 18.5 Å². The van der Waals surface area contributed by atoms with E-state index in [9.17, 15) is 5.11 Å². The molecule has 2 unspecified atom stereocenters. The lowest BCUT2D eigenvalue weighted by molar-refractivity contribution is 0.0170. The van der Waals surface area contributed by atoms with Crippen molar-refractivity contribution in [2.24, 2.45) is 5.41 Å². The largest absolute Gasteiger partial charge is 0.389 e. The summed E-state index contributed by atoms with van der Waals surface area (Å²) in [6.45, 7) is 0.881. The molecule has 1 aliphatic heterocycles. The van der Waals surface area contributed by atoms with Crippen LogP contribution in [0.1, 0.15) is 56.6 Å². The molecular formula is C19H24N6O. The lowest BCUT2D eigenvalue weighted by Crippen LogP contribution is -2.43. The molecule has 136 valence electrons. The number of aliphatic hydroxyl groups is 1. The van der Waals surface area contributed by atoms with Gasteiger partial charge in [-0.15, -0.1) is 0 Å². The minimum atomic E-state index is -0.430. The molecular weight excluding hydrogens is 328 g/mol. The van der Waals surface area contributed by atoms with Crippen molar-refractivity contribution in [3.8, 4) is 0 Å². The Morgan fingerprint density at radius 2 is 2.08 bits per heavy atom. The van der Waals surface area contributed by atoms with Crippen molar-refractivity contribution < 1.29 is 5.11 Å². The Kier molecular flexibility index (Phi) is 2.86. The minimum Gasteiger partial charge on any atom is -0.389 e. The Morgan fingerprint density at radius 1 is 1.19 bits per heavy atom. The standard InChI is InChI=1S/C19H24N6O/c26-19(6-7-19)18-5-3-13(10-18)25(11-18)17-20-8-4-15(22-17)21-16-9-14(23-24-16)12-1-2-12/h4,8-9,12-13,26H,1-3,5-7,10-11H2,(H2,20,21,22,23,24). The van der Waals surface area contributed by atoms with E-state index in [0.717, 1.165) is 56.2 Å². The minimum absolute atomic E-state index is 0.0613. The number of piperidine rings is 1. The van der Waals surface area contributed by atoms with Crippen LogP contribution in [-0.4, -0.2) is 43.5 Å². The maximum absolute atomic E-state index is 10.8. The average Bonchev–Trinajstić information content (AvgIpc) is 3.51. The maximum Gasteiger partial charge on any atom is 0.227 e. The Labute approximate surface area is 152 Å². The molecule has 4 aliphatic rings. The average molecular weight is 352 g/mol. The van der Waals surface area contributed by atoms with Crippen molar-refractivity contribution in [3.05, 3.63) is 24.0 Å². The smallest absolute Gasteiger partial charge is 0.227 e. The van der Waals surface area contributed by atoms with E-state index in [0.29, 0.717) is 12.0 Å². The lowest BCUT2D eigenvalue weighted by Gasteiger charge is -2.36. The molecule has 7 heteroatoms. The molecule has 3 aliphatic carbocycles. The zero-order valence-corrected chi connectivity index (χ0v) is 14.8. The molecule has 1 saturated heterocycles. The first-order valence-corrected chi connectivity index (χ1v) is 9.79. The van der Waals surface area contributed by atoms with Gasteiger partial charge in [-0.3, -0.25) is 5.10 Å². The van der Waals surface area contributed by atoms with Crippen molar-refractivity contribution in [1.82, 2.24) is 20.2 Å². The van der Waals surface area contributed by atoms with E-state index < -0.39 is 5.60 Å². The third kappa shape index (κ3) is 2.19. The van der Waals surface area contributed by atoms with Crippen LogP contribution in [0.2, 0.25) is 0 Å². The van der Waals surface area contributed by atoms with Crippen LogP contribution in [0, 0.1) is 5.41 Å². The molecule has 7 nitrogen and oxygen atoms in total. The number of aromatic amines is 1. The van der Waals surface area contributed by atoms with Crippen molar-refractivity contribution >= 4 is 17.6 Å². The molecule has 2 aromatic rings. The number of aromatic nitrogens is 4. The van der Waals surface area contributed by atoms with Crippen LogP contribution < -0.4 is 10.2 Å². The predicted molar refractivity (Wildman–Crippen MR) is 97.5 cm³/mol. The summed E-state index contributed by atoms with van der Waals surface area (Å²) in [6, 6.07) is 4.42. The van der Waals surface area contributed by atoms with Crippen molar-refractivity contribution in [2.75, 3.05) is 16.8 Å². The van der Waals surface area contributed by atoms with Gasteiger partial charge in [-0.05, 0) is 51.0 Å². The molecule has 2 aromatic heterocycles. The van der Waals surface area contributed by atoms with Crippen LogP contribution in [0.3, 0.4) is 0 Å². The highest BCUT2D eigenvalue weighted by Gasteiger charge is 2.65. The second kappa shape index (κ2) is 4.97. The molecule has 4 fully saturated rings. The number of nitrogens with zero attached hydrogens (tertiary/aromatic N) is 4. The molecule has 0 amide bonds. The zero-order valence-electron chi connectivity index (χ0n) is 14.8. The molecule has 6 rings (SSSR count). The van der Waals surface area contributed by atoms with E-state index >= 15 is 0 Å². The summed E-state index contributed by atoms with van der Waals surface area (Å²) < 4.78 is 0. The molecule has 2 bridgehead atoms.